The van der Waals surface area contributed by atoms with Gasteiger partial charge in [0.25, 0.3) is 0 Å². The zero-order valence-electron chi connectivity index (χ0n) is 10.7. The van der Waals surface area contributed by atoms with E-state index in [0.29, 0.717) is 16.8 Å². The normalized spacial score (nSPS) is 10.4. The summed E-state index contributed by atoms with van der Waals surface area (Å²) in [7, 11) is 0. The van der Waals surface area contributed by atoms with Crippen LogP contribution in [0.1, 0.15) is 15.9 Å². The van der Waals surface area contributed by atoms with E-state index in [1.165, 1.54) is 10.6 Å². The highest BCUT2D eigenvalue weighted by Crippen LogP contribution is 2.19. The molecule has 2 N–H and O–H groups in total. The molecule has 0 unspecified atom stereocenters. The van der Waals surface area contributed by atoms with Crippen molar-refractivity contribution in [3.8, 4) is 11.8 Å². The molecule has 0 aliphatic carbocycles. The fourth-order valence-corrected chi connectivity index (χ4v) is 2.25. The Kier molecular flexibility index (Phi) is 2.81. The van der Waals surface area contributed by atoms with Crippen LogP contribution in [0, 0.1) is 11.3 Å². The second kappa shape index (κ2) is 4.65. The second-order valence-corrected chi connectivity index (χ2v) is 4.43. The van der Waals surface area contributed by atoms with E-state index < -0.39 is 11.7 Å². The predicted molar refractivity (Wildman–Crippen MR) is 75.6 cm³/mol. The number of aromatic carboxylic acids is 1. The molecule has 21 heavy (non-hydrogen) atoms. The molecule has 1 heterocycles. The van der Waals surface area contributed by atoms with Gasteiger partial charge in [0.05, 0.1) is 33.9 Å². The standard InChI is InChI=1S/C15H9N3O3/c16-8-9-4-6-10(7-5-9)18-12-3-1-2-11(14(19)20)13(12)17-15(18)21/h1-7H,(H,17,21)(H,19,20). The van der Waals surface area contributed by atoms with Crippen molar-refractivity contribution in [3.63, 3.8) is 0 Å². The Labute approximate surface area is 118 Å². The van der Waals surface area contributed by atoms with Gasteiger partial charge in [-0.15, -0.1) is 0 Å². The molecule has 6 heteroatoms. The van der Waals surface area contributed by atoms with E-state index in [0.717, 1.165) is 0 Å². The SMILES string of the molecule is N#Cc1ccc(-n2c(=O)[nH]c3c(C(=O)O)cccc32)cc1. The van der Waals surface area contributed by atoms with Crippen molar-refractivity contribution in [2.45, 2.75) is 0 Å². The van der Waals surface area contributed by atoms with E-state index in [1.54, 1.807) is 36.4 Å². The van der Waals surface area contributed by atoms with Crippen LogP contribution in [0.25, 0.3) is 16.7 Å². The van der Waals surface area contributed by atoms with Crippen LogP contribution >= 0.6 is 0 Å². The minimum absolute atomic E-state index is 0.0389. The monoisotopic (exact) mass is 279 g/mol. The van der Waals surface area contributed by atoms with Crippen molar-refractivity contribution in [1.82, 2.24) is 9.55 Å². The Hall–Kier alpha value is -3.33. The van der Waals surface area contributed by atoms with Crippen molar-refractivity contribution in [2.75, 3.05) is 0 Å². The molecule has 0 amide bonds. The van der Waals surface area contributed by atoms with Gasteiger partial charge in [0.2, 0.25) is 0 Å². The molecule has 3 aromatic rings. The summed E-state index contributed by atoms with van der Waals surface area (Å²) in [5.41, 5.74) is 1.41. The predicted octanol–water partition coefficient (Wildman–Crippen LogP) is 1.89. The molecule has 3 rings (SSSR count). The number of H-pyrrole nitrogens is 1. The highest BCUT2D eigenvalue weighted by molar-refractivity contribution is 6.01. The number of nitrogens with zero attached hydrogens (tertiary/aromatic N) is 2. The van der Waals surface area contributed by atoms with Crippen molar-refractivity contribution in [3.05, 3.63) is 64.1 Å². The number of benzene rings is 2. The van der Waals surface area contributed by atoms with E-state index in [9.17, 15) is 9.59 Å². The summed E-state index contributed by atoms with van der Waals surface area (Å²) in [5, 5.41) is 17.9. The van der Waals surface area contributed by atoms with Crippen LogP contribution in [-0.4, -0.2) is 20.6 Å². The number of aromatic nitrogens is 2. The third-order valence-corrected chi connectivity index (χ3v) is 3.20. The number of hydrogen-bond acceptors (Lipinski definition) is 3. The molecular weight excluding hydrogens is 270 g/mol. The van der Waals surface area contributed by atoms with Crippen LogP contribution in [0.5, 0.6) is 0 Å². The minimum atomic E-state index is -1.10. The summed E-state index contributed by atoms with van der Waals surface area (Å²) < 4.78 is 1.38. The number of nitrogens with one attached hydrogen (secondary N) is 1. The van der Waals surface area contributed by atoms with Crippen molar-refractivity contribution >= 4 is 17.0 Å². The average molecular weight is 279 g/mol. The number of carboxylic acid groups (broad SMARTS) is 1. The molecule has 0 radical (unpaired) electrons. The number of carbonyl (C=O) groups is 1. The average Bonchev–Trinajstić information content (AvgIpc) is 2.82. The fraction of sp³-hybridized carbons (Fsp3) is 0. The summed E-state index contributed by atoms with van der Waals surface area (Å²) in [6, 6.07) is 13.2. The van der Waals surface area contributed by atoms with Gasteiger partial charge < -0.3 is 10.1 Å². The lowest BCUT2D eigenvalue weighted by molar-refractivity contribution is 0.0699. The lowest BCUT2D eigenvalue weighted by atomic mass is 10.2. The third kappa shape index (κ3) is 1.97. The molecule has 2 aromatic carbocycles. The number of carboxylic acids is 1. The lowest BCUT2D eigenvalue weighted by Gasteiger charge is -2.03. The number of hydrogen-bond donors (Lipinski definition) is 2. The molecule has 0 saturated carbocycles. The molecule has 0 saturated heterocycles. The Balaban J connectivity index is 2.30. The quantitative estimate of drug-likeness (QED) is 0.748. The van der Waals surface area contributed by atoms with Gasteiger partial charge in [-0.2, -0.15) is 5.26 Å². The topological polar surface area (TPSA) is 98.9 Å². The van der Waals surface area contributed by atoms with E-state index in [4.69, 9.17) is 10.4 Å². The minimum Gasteiger partial charge on any atom is -0.478 e. The summed E-state index contributed by atoms with van der Waals surface area (Å²) >= 11 is 0. The fourth-order valence-electron chi connectivity index (χ4n) is 2.25. The molecule has 0 spiro atoms. The first kappa shape index (κ1) is 12.7. The van der Waals surface area contributed by atoms with Crippen molar-refractivity contribution in [1.29, 1.82) is 5.26 Å². The van der Waals surface area contributed by atoms with Crippen molar-refractivity contribution in [2.24, 2.45) is 0 Å². The first-order valence-corrected chi connectivity index (χ1v) is 6.09. The maximum Gasteiger partial charge on any atom is 0.337 e. The number of imidazole rings is 1. The zero-order valence-corrected chi connectivity index (χ0v) is 10.7. The first-order chi connectivity index (χ1) is 10.1. The molecule has 0 bridgehead atoms. The highest BCUT2D eigenvalue weighted by atomic mass is 16.4. The summed E-state index contributed by atoms with van der Waals surface area (Å²) in [6.45, 7) is 0. The maximum atomic E-state index is 12.1. The van der Waals surface area contributed by atoms with Crippen LogP contribution in [-0.2, 0) is 0 Å². The number of fused-ring (bicyclic) bond motifs is 1. The van der Waals surface area contributed by atoms with E-state index in [2.05, 4.69) is 4.98 Å². The van der Waals surface area contributed by atoms with Crippen LogP contribution in [0.3, 0.4) is 0 Å². The molecule has 6 nitrogen and oxygen atoms in total. The lowest BCUT2D eigenvalue weighted by Crippen LogP contribution is -2.14. The molecule has 0 aliphatic heterocycles. The summed E-state index contributed by atoms with van der Waals surface area (Å²) in [5.74, 6) is -1.10. The van der Waals surface area contributed by atoms with Gasteiger partial charge in [-0.3, -0.25) is 4.57 Å². The zero-order chi connectivity index (χ0) is 15.0. The third-order valence-electron chi connectivity index (χ3n) is 3.20. The van der Waals surface area contributed by atoms with Gasteiger partial charge in [-0.05, 0) is 36.4 Å². The van der Waals surface area contributed by atoms with Crippen LogP contribution < -0.4 is 5.69 Å². The Bertz CT molecular complexity index is 943. The van der Waals surface area contributed by atoms with E-state index >= 15 is 0 Å². The number of rotatable bonds is 2. The molecule has 102 valence electrons. The van der Waals surface area contributed by atoms with Gasteiger partial charge in [0, 0.05) is 0 Å². The van der Waals surface area contributed by atoms with E-state index in [1.807, 2.05) is 6.07 Å². The molecule has 1 aromatic heterocycles. The van der Waals surface area contributed by atoms with Gasteiger partial charge in [0.15, 0.2) is 0 Å². The van der Waals surface area contributed by atoms with Gasteiger partial charge in [-0.25, -0.2) is 9.59 Å². The van der Waals surface area contributed by atoms with Crippen LogP contribution in [0.2, 0.25) is 0 Å². The number of para-hydroxylation sites is 1. The largest absolute Gasteiger partial charge is 0.478 e. The number of aromatic amines is 1. The maximum absolute atomic E-state index is 12.1. The Morgan fingerprint density at radius 2 is 1.90 bits per heavy atom. The molecule has 0 aliphatic rings. The second-order valence-electron chi connectivity index (χ2n) is 4.43. The van der Waals surface area contributed by atoms with Crippen LogP contribution in [0.4, 0.5) is 0 Å². The molecule has 0 fully saturated rings. The summed E-state index contributed by atoms with van der Waals surface area (Å²) in [4.78, 5) is 25.9. The Morgan fingerprint density at radius 1 is 1.19 bits per heavy atom. The van der Waals surface area contributed by atoms with Gasteiger partial charge in [-0.1, -0.05) is 6.07 Å². The first-order valence-electron chi connectivity index (χ1n) is 6.09. The van der Waals surface area contributed by atoms with Gasteiger partial charge >= 0.3 is 11.7 Å². The van der Waals surface area contributed by atoms with Crippen LogP contribution in [0.15, 0.2) is 47.3 Å². The van der Waals surface area contributed by atoms with Crippen molar-refractivity contribution < 1.29 is 9.90 Å². The number of nitriles is 1. The summed E-state index contributed by atoms with van der Waals surface area (Å²) in [6.07, 6.45) is 0. The Morgan fingerprint density at radius 3 is 2.52 bits per heavy atom. The smallest absolute Gasteiger partial charge is 0.337 e. The van der Waals surface area contributed by atoms with Gasteiger partial charge in [0.1, 0.15) is 0 Å². The molecular formula is C15H9N3O3. The highest BCUT2D eigenvalue weighted by Gasteiger charge is 2.15. The molecule has 0 atom stereocenters. The van der Waals surface area contributed by atoms with E-state index in [-0.39, 0.29) is 11.1 Å².